The van der Waals surface area contributed by atoms with E-state index in [0.717, 1.165) is 15.2 Å². The van der Waals surface area contributed by atoms with Crippen molar-refractivity contribution in [1.82, 2.24) is 15.0 Å². The molecule has 3 heterocycles. The lowest BCUT2D eigenvalue weighted by Gasteiger charge is -2.23. The summed E-state index contributed by atoms with van der Waals surface area (Å²) in [6.07, 6.45) is 1.28. The highest BCUT2D eigenvalue weighted by Crippen LogP contribution is 2.26. The fourth-order valence-corrected chi connectivity index (χ4v) is 3.82. The van der Waals surface area contributed by atoms with Crippen molar-refractivity contribution in [3.63, 3.8) is 0 Å². The van der Waals surface area contributed by atoms with Crippen LogP contribution < -0.4 is 10.2 Å². The molecule has 1 aliphatic heterocycles. The monoisotopic (exact) mass is 369 g/mol. The number of aromatic nitrogens is 3. The van der Waals surface area contributed by atoms with E-state index in [1.807, 2.05) is 18.2 Å². The number of hydrogen-bond acceptors (Lipinski definition) is 7. The van der Waals surface area contributed by atoms with Crippen LogP contribution in [-0.2, 0) is 11.3 Å². The van der Waals surface area contributed by atoms with Gasteiger partial charge in [-0.1, -0.05) is 26.0 Å². The molecule has 1 N–H and O–H groups in total. The first kappa shape index (κ1) is 16.7. The lowest BCUT2D eigenvalue weighted by molar-refractivity contribution is 0.177. The summed E-state index contributed by atoms with van der Waals surface area (Å²) in [7, 11) is 0. The van der Waals surface area contributed by atoms with Crippen LogP contribution in [0, 0.1) is 5.92 Å². The topological polar surface area (TPSA) is 80.2 Å². The molecule has 1 aliphatic rings. The van der Waals surface area contributed by atoms with Gasteiger partial charge < -0.3 is 10.1 Å². The minimum absolute atomic E-state index is 0.0190. The number of benzene rings is 1. The number of carbonyl (C=O) groups is 1. The Morgan fingerprint density at radius 3 is 2.96 bits per heavy atom. The van der Waals surface area contributed by atoms with E-state index >= 15 is 0 Å². The Balaban J connectivity index is 1.51. The number of carbonyl (C=O) groups excluding carboxylic acids is 1. The molecule has 8 heteroatoms. The summed E-state index contributed by atoms with van der Waals surface area (Å²) in [5.41, 5.74) is 0.989. The maximum Gasteiger partial charge on any atom is 0.415 e. The summed E-state index contributed by atoms with van der Waals surface area (Å²) < 4.78 is 6.35. The van der Waals surface area contributed by atoms with Gasteiger partial charge in [0.25, 0.3) is 0 Å². The molecule has 0 radical (unpaired) electrons. The second-order valence-electron chi connectivity index (χ2n) is 6.43. The Labute approximate surface area is 155 Å². The lowest BCUT2D eigenvalue weighted by atomic mass is 10.0. The van der Waals surface area contributed by atoms with Crippen molar-refractivity contribution in [2.45, 2.75) is 26.4 Å². The number of amides is 1. The summed E-state index contributed by atoms with van der Waals surface area (Å²) in [4.78, 5) is 27.0. The van der Waals surface area contributed by atoms with Gasteiger partial charge in [-0.3, -0.25) is 4.90 Å². The molecule has 4 rings (SSSR count). The summed E-state index contributed by atoms with van der Waals surface area (Å²) in [5, 5.41) is 4.15. The number of nitrogens with zero attached hydrogens (tertiary/aromatic N) is 4. The first-order valence-corrected chi connectivity index (χ1v) is 9.31. The van der Waals surface area contributed by atoms with Crippen LogP contribution in [0.3, 0.4) is 0 Å². The molecule has 2 aromatic heterocycles. The average molecular weight is 369 g/mol. The number of ether oxygens (including phenoxy) is 1. The second kappa shape index (κ2) is 6.87. The molecule has 1 aromatic carbocycles. The maximum atomic E-state index is 12.1. The van der Waals surface area contributed by atoms with Crippen LogP contribution in [0.5, 0.6) is 0 Å². The maximum absolute atomic E-state index is 12.1. The van der Waals surface area contributed by atoms with Gasteiger partial charge in [-0.25, -0.2) is 14.8 Å². The number of cyclic esters (lactones) is 1. The largest absolute Gasteiger partial charge is 0.447 e. The molecule has 26 heavy (non-hydrogen) atoms. The van der Waals surface area contributed by atoms with Crippen molar-refractivity contribution in [3.8, 4) is 0 Å². The van der Waals surface area contributed by atoms with E-state index < -0.39 is 0 Å². The number of thiazole rings is 1. The number of hydrogen-bond donors (Lipinski definition) is 1. The zero-order valence-electron chi connectivity index (χ0n) is 14.5. The standard InChI is InChI=1S/C18H19N5O2S/c1-11(2)13-10-25-18(24)23(13)15-7-8-19-17(22-15)20-9-16-21-12-5-3-4-6-14(12)26-16/h3-8,11,13H,9-10H2,1-2H3,(H,19,20,22). The molecule has 0 saturated carbocycles. The first-order chi connectivity index (χ1) is 12.6. The number of anilines is 2. The van der Waals surface area contributed by atoms with Crippen LogP contribution >= 0.6 is 11.3 Å². The van der Waals surface area contributed by atoms with Gasteiger partial charge in [0.1, 0.15) is 17.4 Å². The zero-order valence-corrected chi connectivity index (χ0v) is 15.4. The van der Waals surface area contributed by atoms with Crippen molar-refractivity contribution in [1.29, 1.82) is 0 Å². The molecule has 0 bridgehead atoms. The van der Waals surface area contributed by atoms with Gasteiger partial charge in [0.15, 0.2) is 0 Å². The Bertz CT molecular complexity index is 909. The molecule has 7 nitrogen and oxygen atoms in total. The van der Waals surface area contributed by atoms with E-state index in [-0.39, 0.29) is 18.1 Å². The highest BCUT2D eigenvalue weighted by Gasteiger charge is 2.37. The van der Waals surface area contributed by atoms with Gasteiger partial charge in [-0.05, 0) is 24.1 Å². The fourth-order valence-electron chi connectivity index (χ4n) is 2.91. The first-order valence-electron chi connectivity index (χ1n) is 8.49. The summed E-state index contributed by atoms with van der Waals surface area (Å²) in [6, 6.07) is 9.74. The predicted molar refractivity (Wildman–Crippen MR) is 101 cm³/mol. The Hall–Kier alpha value is -2.74. The number of nitrogens with one attached hydrogen (secondary N) is 1. The fraction of sp³-hybridized carbons (Fsp3) is 0.333. The van der Waals surface area contributed by atoms with Crippen LogP contribution in [-0.4, -0.2) is 33.7 Å². The SMILES string of the molecule is CC(C)C1COC(=O)N1c1ccnc(NCc2nc3ccccc3s2)n1. The van der Waals surface area contributed by atoms with E-state index in [1.54, 1.807) is 28.5 Å². The van der Waals surface area contributed by atoms with Crippen molar-refractivity contribution >= 4 is 39.4 Å². The lowest BCUT2D eigenvalue weighted by Crippen LogP contribution is -2.37. The van der Waals surface area contributed by atoms with Crippen molar-refractivity contribution in [2.24, 2.45) is 5.92 Å². The number of para-hydroxylation sites is 1. The van der Waals surface area contributed by atoms with Crippen molar-refractivity contribution < 1.29 is 9.53 Å². The highest BCUT2D eigenvalue weighted by atomic mass is 32.1. The van der Waals surface area contributed by atoms with Gasteiger partial charge in [-0.15, -0.1) is 11.3 Å². The highest BCUT2D eigenvalue weighted by molar-refractivity contribution is 7.18. The zero-order chi connectivity index (χ0) is 18.1. The number of rotatable bonds is 5. The van der Waals surface area contributed by atoms with Gasteiger partial charge in [-0.2, -0.15) is 4.98 Å². The minimum atomic E-state index is -0.362. The smallest absolute Gasteiger partial charge is 0.415 e. The quantitative estimate of drug-likeness (QED) is 0.739. The van der Waals surface area contributed by atoms with E-state index in [4.69, 9.17) is 4.74 Å². The molecular formula is C18H19N5O2S. The van der Waals surface area contributed by atoms with Gasteiger partial charge >= 0.3 is 6.09 Å². The van der Waals surface area contributed by atoms with E-state index in [1.165, 1.54) is 0 Å². The third-order valence-corrected chi connectivity index (χ3v) is 5.34. The minimum Gasteiger partial charge on any atom is -0.447 e. The molecule has 0 spiro atoms. The predicted octanol–water partition coefficient (Wildman–Crippen LogP) is 3.68. The molecule has 1 fully saturated rings. The summed E-state index contributed by atoms with van der Waals surface area (Å²) in [6.45, 7) is 5.04. The van der Waals surface area contributed by atoms with Crippen LogP contribution in [0.15, 0.2) is 36.5 Å². The van der Waals surface area contributed by atoms with Gasteiger partial charge in [0.2, 0.25) is 5.95 Å². The van der Waals surface area contributed by atoms with Crippen LogP contribution in [0.2, 0.25) is 0 Å². The molecule has 0 aliphatic carbocycles. The number of fused-ring (bicyclic) bond motifs is 1. The van der Waals surface area contributed by atoms with E-state index in [2.05, 4.69) is 40.2 Å². The molecular weight excluding hydrogens is 350 g/mol. The van der Waals surface area contributed by atoms with E-state index in [9.17, 15) is 4.79 Å². The van der Waals surface area contributed by atoms with Crippen molar-refractivity contribution in [3.05, 3.63) is 41.5 Å². The molecule has 134 valence electrons. The molecule has 3 aromatic rings. The van der Waals surface area contributed by atoms with Crippen molar-refractivity contribution in [2.75, 3.05) is 16.8 Å². The summed E-state index contributed by atoms with van der Waals surface area (Å²) >= 11 is 1.64. The molecule has 1 unspecified atom stereocenters. The Kier molecular flexibility index (Phi) is 4.42. The third-order valence-electron chi connectivity index (χ3n) is 4.30. The van der Waals surface area contributed by atoms with Crippen LogP contribution in [0.1, 0.15) is 18.9 Å². The Morgan fingerprint density at radius 1 is 1.31 bits per heavy atom. The molecule has 1 amide bonds. The van der Waals surface area contributed by atoms with Gasteiger partial charge in [0.05, 0.1) is 22.8 Å². The second-order valence-corrected chi connectivity index (χ2v) is 7.54. The summed E-state index contributed by atoms with van der Waals surface area (Å²) in [5.74, 6) is 1.28. The van der Waals surface area contributed by atoms with E-state index in [0.29, 0.717) is 24.9 Å². The normalized spacial score (nSPS) is 17.1. The average Bonchev–Trinajstić information content (AvgIpc) is 3.23. The van der Waals surface area contributed by atoms with Crippen LogP contribution in [0.25, 0.3) is 10.2 Å². The molecule has 1 saturated heterocycles. The van der Waals surface area contributed by atoms with Gasteiger partial charge in [0, 0.05) is 6.20 Å². The Morgan fingerprint density at radius 2 is 2.15 bits per heavy atom. The van der Waals surface area contributed by atoms with Crippen LogP contribution in [0.4, 0.5) is 16.6 Å². The molecule has 1 atom stereocenters. The third kappa shape index (κ3) is 3.20.